The van der Waals surface area contributed by atoms with Gasteiger partial charge in [-0.05, 0) is 32.9 Å². The van der Waals surface area contributed by atoms with Crippen molar-refractivity contribution < 1.29 is 0 Å². The van der Waals surface area contributed by atoms with E-state index in [0.717, 1.165) is 24.6 Å². The standard InChI is InChI=1S/C11H19ClN4/c1-8-14-11(12)10(15(8)2)9(7-13)16-5-3-4-6-16/h9H,3-7,13H2,1-2H3. The van der Waals surface area contributed by atoms with Crippen LogP contribution in [-0.2, 0) is 7.05 Å². The smallest absolute Gasteiger partial charge is 0.152 e. The van der Waals surface area contributed by atoms with E-state index >= 15 is 0 Å². The second-order valence-corrected chi connectivity index (χ2v) is 4.75. The first kappa shape index (κ1) is 11.9. The predicted octanol–water partition coefficient (Wildman–Crippen LogP) is 1.48. The zero-order chi connectivity index (χ0) is 11.7. The van der Waals surface area contributed by atoms with Crippen molar-refractivity contribution in [3.05, 3.63) is 16.7 Å². The molecule has 2 rings (SSSR count). The maximum Gasteiger partial charge on any atom is 0.152 e. The Morgan fingerprint density at radius 2 is 2.06 bits per heavy atom. The summed E-state index contributed by atoms with van der Waals surface area (Å²) < 4.78 is 2.05. The second kappa shape index (κ2) is 4.73. The van der Waals surface area contributed by atoms with Crippen molar-refractivity contribution in [1.29, 1.82) is 0 Å². The van der Waals surface area contributed by atoms with Gasteiger partial charge >= 0.3 is 0 Å². The molecule has 1 fully saturated rings. The molecule has 16 heavy (non-hydrogen) atoms. The predicted molar refractivity (Wildman–Crippen MR) is 65.6 cm³/mol. The van der Waals surface area contributed by atoms with Crippen molar-refractivity contribution in [1.82, 2.24) is 14.5 Å². The minimum Gasteiger partial charge on any atom is -0.333 e. The van der Waals surface area contributed by atoms with Crippen LogP contribution in [0.5, 0.6) is 0 Å². The fourth-order valence-electron chi connectivity index (χ4n) is 2.43. The van der Waals surface area contributed by atoms with Crippen LogP contribution in [-0.4, -0.2) is 34.1 Å². The monoisotopic (exact) mass is 242 g/mol. The molecule has 1 aliphatic rings. The summed E-state index contributed by atoms with van der Waals surface area (Å²) >= 11 is 6.19. The van der Waals surface area contributed by atoms with Crippen LogP contribution in [0.4, 0.5) is 0 Å². The van der Waals surface area contributed by atoms with E-state index in [1.54, 1.807) is 0 Å². The normalized spacial score (nSPS) is 19.2. The lowest BCUT2D eigenvalue weighted by atomic mass is 10.2. The molecular weight excluding hydrogens is 224 g/mol. The minimum atomic E-state index is 0.209. The number of rotatable bonds is 3. The molecule has 1 aromatic heterocycles. The molecule has 2 heterocycles. The molecular formula is C11H19ClN4. The van der Waals surface area contributed by atoms with E-state index in [1.165, 1.54) is 12.8 Å². The number of hydrogen-bond donors (Lipinski definition) is 1. The van der Waals surface area contributed by atoms with Crippen LogP contribution in [0, 0.1) is 6.92 Å². The largest absolute Gasteiger partial charge is 0.333 e. The summed E-state index contributed by atoms with van der Waals surface area (Å²) in [6.45, 7) is 4.79. The second-order valence-electron chi connectivity index (χ2n) is 4.39. The maximum atomic E-state index is 6.19. The third-order valence-corrected chi connectivity index (χ3v) is 3.72. The Bertz CT molecular complexity index is 368. The Morgan fingerprint density at radius 3 is 2.50 bits per heavy atom. The number of nitrogens with zero attached hydrogens (tertiary/aromatic N) is 3. The highest BCUT2D eigenvalue weighted by molar-refractivity contribution is 6.30. The summed E-state index contributed by atoms with van der Waals surface area (Å²) in [6.07, 6.45) is 2.51. The molecule has 0 amide bonds. The molecule has 0 bridgehead atoms. The molecule has 2 N–H and O–H groups in total. The molecule has 0 saturated carbocycles. The summed E-state index contributed by atoms with van der Waals surface area (Å²) in [5.41, 5.74) is 6.95. The molecule has 1 saturated heterocycles. The van der Waals surface area contributed by atoms with Crippen LogP contribution in [0.15, 0.2) is 0 Å². The maximum absolute atomic E-state index is 6.19. The van der Waals surface area contributed by atoms with Crippen LogP contribution < -0.4 is 5.73 Å². The molecule has 1 aromatic rings. The van der Waals surface area contributed by atoms with Gasteiger partial charge in [-0.25, -0.2) is 4.98 Å². The zero-order valence-electron chi connectivity index (χ0n) is 9.91. The number of hydrogen-bond acceptors (Lipinski definition) is 3. The quantitative estimate of drug-likeness (QED) is 0.874. The Labute approximate surface area is 101 Å². The molecule has 0 aromatic carbocycles. The first-order chi connectivity index (χ1) is 7.65. The number of halogens is 1. The summed E-state index contributed by atoms with van der Waals surface area (Å²) in [5.74, 6) is 0.942. The minimum absolute atomic E-state index is 0.209. The molecule has 0 spiro atoms. The van der Waals surface area contributed by atoms with Crippen LogP contribution in [0.25, 0.3) is 0 Å². The van der Waals surface area contributed by atoms with E-state index in [1.807, 2.05) is 14.0 Å². The first-order valence-electron chi connectivity index (χ1n) is 5.78. The van der Waals surface area contributed by atoms with Gasteiger partial charge in [-0.1, -0.05) is 11.6 Å². The van der Waals surface area contributed by atoms with Gasteiger partial charge < -0.3 is 10.3 Å². The zero-order valence-corrected chi connectivity index (χ0v) is 10.7. The average molecular weight is 243 g/mol. The number of imidazole rings is 1. The number of nitrogens with two attached hydrogens (primary N) is 1. The van der Waals surface area contributed by atoms with Gasteiger partial charge in [0.15, 0.2) is 5.15 Å². The Morgan fingerprint density at radius 1 is 1.44 bits per heavy atom. The van der Waals surface area contributed by atoms with E-state index in [-0.39, 0.29) is 6.04 Å². The van der Waals surface area contributed by atoms with Crippen LogP contribution >= 0.6 is 11.6 Å². The van der Waals surface area contributed by atoms with Gasteiger partial charge in [0.25, 0.3) is 0 Å². The van der Waals surface area contributed by atoms with E-state index in [2.05, 4.69) is 14.5 Å². The topological polar surface area (TPSA) is 47.1 Å². The lowest BCUT2D eigenvalue weighted by Gasteiger charge is -2.26. The molecule has 90 valence electrons. The Kier molecular flexibility index (Phi) is 3.52. The molecule has 0 aliphatic carbocycles. The highest BCUT2D eigenvalue weighted by Crippen LogP contribution is 2.29. The van der Waals surface area contributed by atoms with Gasteiger partial charge in [-0.15, -0.1) is 0 Å². The van der Waals surface area contributed by atoms with E-state index in [9.17, 15) is 0 Å². The van der Waals surface area contributed by atoms with Crippen molar-refractivity contribution in [2.45, 2.75) is 25.8 Å². The van der Waals surface area contributed by atoms with E-state index < -0.39 is 0 Å². The van der Waals surface area contributed by atoms with Crippen LogP contribution in [0.2, 0.25) is 5.15 Å². The third kappa shape index (κ3) is 1.97. The van der Waals surface area contributed by atoms with Crippen molar-refractivity contribution in [3.8, 4) is 0 Å². The molecule has 1 atom stereocenters. The highest BCUT2D eigenvalue weighted by Gasteiger charge is 2.27. The van der Waals surface area contributed by atoms with Crippen molar-refractivity contribution in [2.75, 3.05) is 19.6 Å². The SMILES string of the molecule is Cc1nc(Cl)c(C(CN)N2CCCC2)n1C. The van der Waals surface area contributed by atoms with Gasteiger partial charge in [-0.2, -0.15) is 0 Å². The highest BCUT2D eigenvalue weighted by atomic mass is 35.5. The average Bonchev–Trinajstić information content (AvgIpc) is 2.84. The first-order valence-corrected chi connectivity index (χ1v) is 6.15. The van der Waals surface area contributed by atoms with Crippen molar-refractivity contribution in [2.24, 2.45) is 12.8 Å². The summed E-state index contributed by atoms with van der Waals surface area (Å²) in [5, 5.41) is 0.599. The van der Waals surface area contributed by atoms with Gasteiger partial charge in [0.2, 0.25) is 0 Å². The van der Waals surface area contributed by atoms with Gasteiger partial charge in [-0.3, -0.25) is 4.90 Å². The van der Waals surface area contributed by atoms with Gasteiger partial charge in [0.1, 0.15) is 5.82 Å². The molecule has 4 nitrogen and oxygen atoms in total. The Hall–Kier alpha value is -0.580. The molecule has 0 radical (unpaired) electrons. The van der Waals surface area contributed by atoms with Crippen molar-refractivity contribution in [3.63, 3.8) is 0 Å². The van der Waals surface area contributed by atoms with Gasteiger partial charge in [0, 0.05) is 13.6 Å². The number of aromatic nitrogens is 2. The Balaban J connectivity index is 2.32. The third-order valence-electron chi connectivity index (χ3n) is 3.44. The fraction of sp³-hybridized carbons (Fsp3) is 0.727. The fourth-order valence-corrected chi connectivity index (χ4v) is 2.81. The lowest BCUT2D eigenvalue weighted by molar-refractivity contribution is 0.243. The van der Waals surface area contributed by atoms with E-state index in [0.29, 0.717) is 11.7 Å². The van der Waals surface area contributed by atoms with Crippen molar-refractivity contribution >= 4 is 11.6 Å². The molecule has 1 unspecified atom stereocenters. The van der Waals surface area contributed by atoms with Crippen LogP contribution in [0.3, 0.4) is 0 Å². The van der Waals surface area contributed by atoms with Gasteiger partial charge in [0.05, 0.1) is 11.7 Å². The lowest BCUT2D eigenvalue weighted by Crippen LogP contribution is -2.33. The summed E-state index contributed by atoms with van der Waals surface area (Å²) in [6, 6.07) is 0.209. The number of aryl methyl sites for hydroxylation is 1. The molecule has 1 aliphatic heterocycles. The van der Waals surface area contributed by atoms with Crippen LogP contribution in [0.1, 0.15) is 30.4 Å². The molecule has 5 heteroatoms. The van der Waals surface area contributed by atoms with E-state index in [4.69, 9.17) is 17.3 Å². The summed E-state index contributed by atoms with van der Waals surface area (Å²) in [4.78, 5) is 6.70. The summed E-state index contributed by atoms with van der Waals surface area (Å²) in [7, 11) is 2.00. The number of likely N-dealkylation sites (tertiary alicyclic amines) is 1.